The molecule has 0 amide bonds. The lowest BCUT2D eigenvalue weighted by atomic mass is 9.81. The SMILES string of the molecule is CCC(CC(N)C(=O)O)C(C)c1c(OC)ccc(OC)c1OC. The largest absolute Gasteiger partial charge is 0.496 e. The minimum Gasteiger partial charge on any atom is -0.496 e. The van der Waals surface area contributed by atoms with Crippen molar-refractivity contribution in [3.63, 3.8) is 0 Å². The Bertz CT molecular complexity index is 532. The normalized spacial score (nSPS) is 14.7. The van der Waals surface area contributed by atoms with E-state index in [1.54, 1.807) is 27.4 Å². The van der Waals surface area contributed by atoms with Crippen LogP contribution in [0.15, 0.2) is 12.1 Å². The Morgan fingerprint density at radius 1 is 1.17 bits per heavy atom. The third-order valence-electron chi connectivity index (χ3n) is 4.32. The molecule has 23 heavy (non-hydrogen) atoms. The molecule has 130 valence electrons. The van der Waals surface area contributed by atoms with Crippen molar-refractivity contribution in [1.82, 2.24) is 0 Å². The highest BCUT2D eigenvalue weighted by atomic mass is 16.5. The molecule has 3 unspecified atom stereocenters. The lowest BCUT2D eigenvalue weighted by Crippen LogP contribution is -2.33. The highest BCUT2D eigenvalue weighted by Gasteiger charge is 2.29. The van der Waals surface area contributed by atoms with Crippen LogP contribution in [0.1, 0.15) is 38.2 Å². The molecule has 0 aliphatic carbocycles. The molecule has 0 fully saturated rings. The van der Waals surface area contributed by atoms with Gasteiger partial charge in [-0.3, -0.25) is 4.79 Å². The van der Waals surface area contributed by atoms with Gasteiger partial charge in [0.15, 0.2) is 11.5 Å². The molecule has 0 aromatic heterocycles. The van der Waals surface area contributed by atoms with Crippen molar-refractivity contribution >= 4 is 5.97 Å². The molecule has 1 aromatic rings. The van der Waals surface area contributed by atoms with E-state index in [1.165, 1.54) is 0 Å². The first-order valence-electron chi connectivity index (χ1n) is 7.68. The van der Waals surface area contributed by atoms with E-state index in [0.717, 1.165) is 12.0 Å². The maximum Gasteiger partial charge on any atom is 0.320 e. The molecule has 0 saturated heterocycles. The Morgan fingerprint density at radius 3 is 2.17 bits per heavy atom. The summed E-state index contributed by atoms with van der Waals surface area (Å²) in [4.78, 5) is 11.1. The average Bonchev–Trinajstić information content (AvgIpc) is 2.56. The molecule has 3 atom stereocenters. The fourth-order valence-corrected chi connectivity index (χ4v) is 2.93. The summed E-state index contributed by atoms with van der Waals surface area (Å²) < 4.78 is 16.4. The number of carbonyl (C=O) groups is 1. The number of hydrogen-bond acceptors (Lipinski definition) is 5. The van der Waals surface area contributed by atoms with Gasteiger partial charge in [0.1, 0.15) is 11.8 Å². The van der Waals surface area contributed by atoms with Gasteiger partial charge in [-0.1, -0.05) is 20.3 Å². The predicted molar refractivity (Wildman–Crippen MR) is 88.5 cm³/mol. The Balaban J connectivity index is 3.27. The second-order valence-electron chi connectivity index (χ2n) is 5.55. The molecule has 1 rings (SSSR count). The number of rotatable bonds is 9. The first kappa shape index (κ1) is 19.1. The van der Waals surface area contributed by atoms with Crippen LogP contribution >= 0.6 is 0 Å². The van der Waals surface area contributed by atoms with Crippen LogP contribution in [0.25, 0.3) is 0 Å². The van der Waals surface area contributed by atoms with E-state index in [1.807, 2.05) is 19.9 Å². The summed E-state index contributed by atoms with van der Waals surface area (Å²) in [6.07, 6.45) is 1.18. The molecule has 3 N–H and O–H groups in total. The van der Waals surface area contributed by atoms with Crippen molar-refractivity contribution < 1.29 is 24.1 Å². The van der Waals surface area contributed by atoms with E-state index in [9.17, 15) is 4.79 Å². The second kappa shape index (κ2) is 8.62. The van der Waals surface area contributed by atoms with E-state index in [-0.39, 0.29) is 11.8 Å². The van der Waals surface area contributed by atoms with Crippen LogP contribution < -0.4 is 19.9 Å². The van der Waals surface area contributed by atoms with Gasteiger partial charge in [0.25, 0.3) is 0 Å². The molecule has 6 nitrogen and oxygen atoms in total. The van der Waals surface area contributed by atoms with Crippen molar-refractivity contribution in [2.45, 2.75) is 38.6 Å². The predicted octanol–water partition coefficient (Wildman–Crippen LogP) is 2.64. The summed E-state index contributed by atoms with van der Waals surface area (Å²) in [6, 6.07) is 2.74. The second-order valence-corrected chi connectivity index (χ2v) is 5.55. The highest BCUT2D eigenvalue weighted by molar-refractivity contribution is 5.73. The van der Waals surface area contributed by atoms with Crippen molar-refractivity contribution in [3.8, 4) is 17.2 Å². The number of ether oxygens (including phenoxy) is 3. The highest BCUT2D eigenvalue weighted by Crippen LogP contribution is 2.45. The first-order chi connectivity index (χ1) is 10.9. The summed E-state index contributed by atoms with van der Waals surface area (Å²) in [6.45, 7) is 4.05. The van der Waals surface area contributed by atoms with Crippen molar-refractivity contribution in [2.75, 3.05) is 21.3 Å². The molecule has 0 bridgehead atoms. The summed E-state index contributed by atoms with van der Waals surface area (Å²) in [5, 5.41) is 9.07. The van der Waals surface area contributed by atoms with Gasteiger partial charge in [-0.2, -0.15) is 0 Å². The van der Waals surface area contributed by atoms with Crippen molar-refractivity contribution in [2.24, 2.45) is 11.7 Å². The zero-order valence-corrected chi connectivity index (χ0v) is 14.5. The van der Waals surface area contributed by atoms with Gasteiger partial charge in [-0.25, -0.2) is 0 Å². The number of hydrogen-bond donors (Lipinski definition) is 2. The molecular weight excluding hydrogens is 298 g/mol. The van der Waals surface area contributed by atoms with Crippen LogP contribution in [0.2, 0.25) is 0 Å². The Labute approximate surface area is 137 Å². The Morgan fingerprint density at radius 2 is 1.74 bits per heavy atom. The molecular formula is C17H27NO5. The third-order valence-corrected chi connectivity index (χ3v) is 4.32. The fourth-order valence-electron chi connectivity index (χ4n) is 2.93. The topological polar surface area (TPSA) is 91.0 Å². The summed E-state index contributed by atoms with van der Waals surface area (Å²) in [5.41, 5.74) is 6.59. The van der Waals surface area contributed by atoms with Crippen LogP contribution in [-0.2, 0) is 4.79 Å². The van der Waals surface area contributed by atoms with Crippen LogP contribution in [0.5, 0.6) is 17.2 Å². The number of aliphatic carboxylic acids is 1. The van der Waals surface area contributed by atoms with E-state index < -0.39 is 12.0 Å². The zero-order valence-electron chi connectivity index (χ0n) is 14.5. The average molecular weight is 325 g/mol. The fraction of sp³-hybridized carbons (Fsp3) is 0.588. The Hall–Kier alpha value is -1.95. The van der Waals surface area contributed by atoms with Crippen LogP contribution in [0, 0.1) is 5.92 Å². The quantitative estimate of drug-likeness (QED) is 0.725. The molecule has 0 radical (unpaired) electrons. The maximum absolute atomic E-state index is 11.1. The zero-order chi connectivity index (χ0) is 17.6. The van der Waals surface area contributed by atoms with E-state index in [4.69, 9.17) is 25.1 Å². The lowest BCUT2D eigenvalue weighted by Gasteiger charge is -2.28. The van der Waals surface area contributed by atoms with Gasteiger partial charge in [0.05, 0.1) is 21.3 Å². The smallest absolute Gasteiger partial charge is 0.320 e. The number of carboxylic acid groups (broad SMARTS) is 1. The molecule has 0 aliphatic heterocycles. The summed E-state index contributed by atoms with van der Waals surface area (Å²) in [5.74, 6) is 1.02. The van der Waals surface area contributed by atoms with Crippen molar-refractivity contribution in [1.29, 1.82) is 0 Å². The number of carboxylic acids is 1. The van der Waals surface area contributed by atoms with Crippen LogP contribution in [0.4, 0.5) is 0 Å². The van der Waals surface area contributed by atoms with Gasteiger partial charge >= 0.3 is 5.97 Å². The molecule has 0 spiro atoms. The molecule has 1 aromatic carbocycles. The molecule has 0 saturated carbocycles. The van der Waals surface area contributed by atoms with Gasteiger partial charge in [-0.05, 0) is 30.4 Å². The number of methoxy groups -OCH3 is 3. The minimum absolute atomic E-state index is 0.00500. The standard InChI is InChI=1S/C17H27NO5/c1-6-11(9-12(18)17(19)20)10(2)15-13(21-3)7-8-14(22-4)16(15)23-5/h7-8,10-12H,6,9,18H2,1-5H3,(H,19,20). The molecule has 6 heteroatoms. The maximum atomic E-state index is 11.1. The summed E-state index contributed by atoms with van der Waals surface area (Å²) >= 11 is 0. The van der Waals surface area contributed by atoms with E-state index in [2.05, 4.69) is 0 Å². The Kier molecular flexibility index (Phi) is 7.16. The molecule has 0 heterocycles. The summed E-state index contributed by atoms with van der Waals surface area (Å²) in [7, 11) is 4.76. The molecule has 0 aliphatic rings. The van der Waals surface area contributed by atoms with Crippen LogP contribution in [0.3, 0.4) is 0 Å². The monoisotopic (exact) mass is 325 g/mol. The third kappa shape index (κ3) is 4.28. The van der Waals surface area contributed by atoms with Gasteiger partial charge in [0.2, 0.25) is 0 Å². The van der Waals surface area contributed by atoms with E-state index in [0.29, 0.717) is 23.7 Å². The number of benzene rings is 1. The minimum atomic E-state index is -0.986. The van der Waals surface area contributed by atoms with E-state index >= 15 is 0 Å². The number of nitrogens with two attached hydrogens (primary N) is 1. The van der Waals surface area contributed by atoms with Gasteiger partial charge in [-0.15, -0.1) is 0 Å². The van der Waals surface area contributed by atoms with Crippen LogP contribution in [-0.4, -0.2) is 38.4 Å². The van der Waals surface area contributed by atoms with Gasteiger partial charge < -0.3 is 25.1 Å². The van der Waals surface area contributed by atoms with Crippen molar-refractivity contribution in [3.05, 3.63) is 17.7 Å². The lowest BCUT2D eigenvalue weighted by molar-refractivity contribution is -0.139. The van der Waals surface area contributed by atoms with Gasteiger partial charge in [0, 0.05) is 5.56 Å². The first-order valence-corrected chi connectivity index (χ1v) is 7.68.